The number of esters is 2. The van der Waals surface area contributed by atoms with Crippen LogP contribution in [0.1, 0.15) is 55.8 Å². The SMILES string of the molecule is CCOC(=O)CCCCCCC(=O)Oc1ccccc1C=O. The van der Waals surface area contributed by atoms with E-state index in [0.29, 0.717) is 43.5 Å². The van der Waals surface area contributed by atoms with Crippen LogP contribution in [0, 0.1) is 0 Å². The molecule has 0 saturated carbocycles. The van der Waals surface area contributed by atoms with Gasteiger partial charge < -0.3 is 9.47 Å². The second kappa shape index (κ2) is 10.5. The summed E-state index contributed by atoms with van der Waals surface area (Å²) in [6.07, 6.45) is 4.57. The van der Waals surface area contributed by atoms with Gasteiger partial charge in [-0.2, -0.15) is 0 Å². The maximum absolute atomic E-state index is 11.7. The second-order valence-corrected chi connectivity index (χ2v) is 4.85. The summed E-state index contributed by atoms with van der Waals surface area (Å²) < 4.78 is 10.0. The van der Waals surface area contributed by atoms with Crippen LogP contribution in [0.25, 0.3) is 0 Å². The number of rotatable bonds is 10. The molecule has 5 nitrogen and oxygen atoms in total. The van der Waals surface area contributed by atoms with Gasteiger partial charge in [0.2, 0.25) is 0 Å². The zero-order valence-corrected chi connectivity index (χ0v) is 12.9. The number of benzene rings is 1. The average Bonchev–Trinajstić information content (AvgIpc) is 2.51. The number of unbranched alkanes of at least 4 members (excludes halogenated alkanes) is 3. The van der Waals surface area contributed by atoms with Crippen molar-refractivity contribution >= 4 is 18.2 Å². The molecule has 0 amide bonds. The lowest BCUT2D eigenvalue weighted by Crippen LogP contribution is -2.09. The quantitative estimate of drug-likeness (QED) is 0.287. The summed E-state index contributed by atoms with van der Waals surface area (Å²) in [5.41, 5.74) is 0.366. The van der Waals surface area contributed by atoms with Crippen molar-refractivity contribution in [3.63, 3.8) is 0 Å². The maximum Gasteiger partial charge on any atom is 0.311 e. The van der Waals surface area contributed by atoms with Crippen LogP contribution >= 0.6 is 0 Å². The predicted molar refractivity (Wildman–Crippen MR) is 81.8 cm³/mol. The molecule has 5 heteroatoms. The summed E-state index contributed by atoms with van der Waals surface area (Å²) in [6.45, 7) is 2.19. The Bertz CT molecular complexity index is 496. The Hall–Kier alpha value is -2.17. The van der Waals surface area contributed by atoms with Gasteiger partial charge in [0.25, 0.3) is 0 Å². The number of aldehydes is 1. The van der Waals surface area contributed by atoms with Gasteiger partial charge in [0.1, 0.15) is 5.75 Å². The largest absolute Gasteiger partial charge is 0.466 e. The zero-order valence-electron chi connectivity index (χ0n) is 12.9. The van der Waals surface area contributed by atoms with Crippen molar-refractivity contribution < 1.29 is 23.9 Å². The predicted octanol–water partition coefficient (Wildman–Crippen LogP) is 3.31. The van der Waals surface area contributed by atoms with Crippen molar-refractivity contribution in [1.29, 1.82) is 0 Å². The van der Waals surface area contributed by atoms with Crippen molar-refractivity contribution in [3.05, 3.63) is 29.8 Å². The van der Waals surface area contributed by atoms with Crippen molar-refractivity contribution in [1.82, 2.24) is 0 Å². The van der Waals surface area contributed by atoms with E-state index in [1.54, 1.807) is 31.2 Å². The monoisotopic (exact) mass is 306 g/mol. The second-order valence-electron chi connectivity index (χ2n) is 4.85. The Kier molecular flexibility index (Phi) is 8.57. The Balaban J connectivity index is 2.16. The lowest BCUT2D eigenvalue weighted by atomic mass is 10.1. The summed E-state index contributed by atoms with van der Waals surface area (Å²) in [5, 5.41) is 0. The van der Waals surface area contributed by atoms with Crippen LogP contribution < -0.4 is 4.74 Å². The van der Waals surface area contributed by atoms with Gasteiger partial charge in [-0.15, -0.1) is 0 Å². The van der Waals surface area contributed by atoms with E-state index in [1.807, 2.05) is 0 Å². The van der Waals surface area contributed by atoms with E-state index in [9.17, 15) is 14.4 Å². The molecule has 0 N–H and O–H groups in total. The Labute approximate surface area is 130 Å². The number of carbonyl (C=O) groups is 3. The smallest absolute Gasteiger partial charge is 0.311 e. The molecule has 1 aromatic rings. The summed E-state index contributed by atoms with van der Waals surface area (Å²) in [4.78, 5) is 33.6. The number of hydrogen-bond acceptors (Lipinski definition) is 5. The molecule has 1 aromatic carbocycles. The number of carbonyl (C=O) groups excluding carboxylic acids is 3. The Morgan fingerprint density at radius 3 is 2.27 bits per heavy atom. The molecule has 0 fully saturated rings. The highest BCUT2D eigenvalue weighted by Crippen LogP contribution is 2.17. The number of ether oxygens (including phenoxy) is 2. The van der Waals surface area contributed by atoms with Gasteiger partial charge in [-0.1, -0.05) is 25.0 Å². The van der Waals surface area contributed by atoms with E-state index < -0.39 is 0 Å². The molecule has 0 aliphatic heterocycles. The summed E-state index contributed by atoms with van der Waals surface area (Å²) >= 11 is 0. The van der Waals surface area contributed by atoms with Gasteiger partial charge in [-0.3, -0.25) is 14.4 Å². The minimum Gasteiger partial charge on any atom is -0.466 e. The number of para-hydroxylation sites is 1. The van der Waals surface area contributed by atoms with Gasteiger partial charge in [0, 0.05) is 12.8 Å². The van der Waals surface area contributed by atoms with Crippen LogP contribution in [0.3, 0.4) is 0 Å². The van der Waals surface area contributed by atoms with E-state index in [0.717, 1.165) is 19.3 Å². The van der Waals surface area contributed by atoms with E-state index in [2.05, 4.69) is 0 Å². The molecule has 0 atom stereocenters. The van der Waals surface area contributed by atoms with E-state index in [1.165, 1.54) is 0 Å². The highest BCUT2D eigenvalue weighted by Gasteiger charge is 2.08. The molecule has 0 aromatic heterocycles. The van der Waals surface area contributed by atoms with Gasteiger partial charge >= 0.3 is 11.9 Å². The molecule has 0 bridgehead atoms. The Morgan fingerprint density at radius 1 is 1.00 bits per heavy atom. The standard InChI is InChI=1S/C17H22O5/c1-2-21-16(19)11-5-3-4-6-12-17(20)22-15-10-8-7-9-14(15)13-18/h7-10,13H,2-6,11-12H2,1H3. The van der Waals surface area contributed by atoms with Crippen LogP contribution in [-0.2, 0) is 14.3 Å². The lowest BCUT2D eigenvalue weighted by molar-refractivity contribution is -0.143. The third kappa shape index (κ3) is 7.02. The average molecular weight is 306 g/mol. The van der Waals surface area contributed by atoms with Crippen molar-refractivity contribution in [2.45, 2.75) is 45.4 Å². The molecule has 120 valence electrons. The molecule has 0 aliphatic rings. The molecule has 0 radical (unpaired) electrons. The highest BCUT2D eigenvalue weighted by atomic mass is 16.5. The molecule has 0 heterocycles. The third-order valence-electron chi connectivity index (χ3n) is 3.09. The molecule has 0 spiro atoms. The van der Waals surface area contributed by atoms with Crippen molar-refractivity contribution in [3.8, 4) is 5.75 Å². The summed E-state index contributed by atoms with van der Waals surface area (Å²) in [7, 11) is 0. The fourth-order valence-corrected chi connectivity index (χ4v) is 1.97. The molecule has 0 saturated heterocycles. The first-order valence-corrected chi connectivity index (χ1v) is 7.58. The zero-order chi connectivity index (χ0) is 16.2. The van der Waals surface area contributed by atoms with E-state index in [-0.39, 0.29) is 11.9 Å². The van der Waals surface area contributed by atoms with Crippen LogP contribution in [0.4, 0.5) is 0 Å². The molecule has 22 heavy (non-hydrogen) atoms. The van der Waals surface area contributed by atoms with Gasteiger partial charge in [0.05, 0.1) is 12.2 Å². The molecule has 0 aliphatic carbocycles. The maximum atomic E-state index is 11.7. The molecular formula is C17H22O5. The van der Waals surface area contributed by atoms with Crippen LogP contribution in [-0.4, -0.2) is 24.8 Å². The Morgan fingerprint density at radius 2 is 1.64 bits per heavy atom. The summed E-state index contributed by atoms with van der Waals surface area (Å²) in [6, 6.07) is 6.63. The molecular weight excluding hydrogens is 284 g/mol. The highest BCUT2D eigenvalue weighted by molar-refractivity contribution is 5.82. The fourth-order valence-electron chi connectivity index (χ4n) is 1.97. The van der Waals surface area contributed by atoms with E-state index >= 15 is 0 Å². The lowest BCUT2D eigenvalue weighted by Gasteiger charge is -2.06. The van der Waals surface area contributed by atoms with Gasteiger partial charge in [0.15, 0.2) is 6.29 Å². The third-order valence-corrected chi connectivity index (χ3v) is 3.09. The normalized spacial score (nSPS) is 10.0. The topological polar surface area (TPSA) is 69.7 Å². The van der Waals surface area contributed by atoms with Crippen LogP contribution in [0.5, 0.6) is 5.75 Å². The van der Waals surface area contributed by atoms with E-state index in [4.69, 9.17) is 9.47 Å². The fraction of sp³-hybridized carbons (Fsp3) is 0.471. The first-order chi connectivity index (χ1) is 10.7. The molecule has 1 rings (SSSR count). The summed E-state index contributed by atoms with van der Waals surface area (Å²) in [5.74, 6) is -0.225. The van der Waals surface area contributed by atoms with Crippen molar-refractivity contribution in [2.24, 2.45) is 0 Å². The van der Waals surface area contributed by atoms with Crippen molar-refractivity contribution in [2.75, 3.05) is 6.61 Å². The van der Waals surface area contributed by atoms with Crippen LogP contribution in [0.15, 0.2) is 24.3 Å². The first kappa shape index (κ1) is 17.9. The number of hydrogen-bond donors (Lipinski definition) is 0. The van der Waals surface area contributed by atoms with Crippen LogP contribution in [0.2, 0.25) is 0 Å². The first-order valence-electron chi connectivity index (χ1n) is 7.58. The van der Waals surface area contributed by atoms with Gasteiger partial charge in [-0.25, -0.2) is 0 Å². The minimum absolute atomic E-state index is 0.174. The minimum atomic E-state index is -0.348. The van der Waals surface area contributed by atoms with Gasteiger partial charge in [-0.05, 0) is 31.9 Å². The molecule has 0 unspecified atom stereocenters.